The number of nitrogens with one attached hydrogen (secondary N) is 1. The van der Waals surface area contributed by atoms with Gasteiger partial charge in [-0.2, -0.15) is 11.8 Å². The van der Waals surface area contributed by atoms with Crippen molar-refractivity contribution in [3.8, 4) is 11.1 Å². The van der Waals surface area contributed by atoms with Crippen LogP contribution in [0.1, 0.15) is 98.7 Å². The maximum absolute atomic E-state index is 13.5. The minimum atomic E-state index is -1.00. The van der Waals surface area contributed by atoms with Crippen LogP contribution < -0.4 is 5.32 Å². The van der Waals surface area contributed by atoms with Crippen LogP contribution in [0.2, 0.25) is 0 Å². The maximum atomic E-state index is 13.5. The fourth-order valence-electron chi connectivity index (χ4n) is 5.44. The number of benzene rings is 2. The van der Waals surface area contributed by atoms with Crippen molar-refractivity contribution >= 4 is 42.5 Å². The van der Waals surface area contributed by atoms with Gasteiger partial charge in [0.15, 0.2) is 0 Å². The molecule has 1 aliphatic rings. The molecule has 2 aromatic rings. The second-order valence-corrected chi connectivity index (χ2v) is 11.5. The Morgan fingerprint density at radius 2 is 1.79 bits per heavy atom. The molecule has 0 spiro atoms. The normalized spacial score (nSPS) is 15.3. The Bertz CT molecular complexity index is 1040. The van der Waals surface area contributed by atoms with Crippen LogP contribution in [0.5, 0.6) is 0 Å². The van der Waals surface area contributed by atoms with E-state index in [1.54, 1.807) is 11.8 Å². The molecular formula is C32H46LiNO4S. The topological polar surface area (TPSA) is 75.6 Å². The van der Waals surface area contributed by atoms with Gasteiger partial charge in [-0.1, -0.05) is 75.8 Å². The molecule has 3 rings (SSSR count). The van der Waals surface area contributed by atoms with E-state index in [4.69, 9.17) is 4.74 Å². The number of carboxylic acids is 1. The average molecular weight is 548 g/mol. The molecule has 0 radical (unpaired) electrons. The first-order chi connectivity index (χ1) is 18.5. The number of hydrogen-bond acceptors (Lipinski definition) is 4. The second kappa shape index (κ2) is 17.9. The van der Waals surface area contributed by atoms with Gasteiger partial charge < -0.3 is 15.2 Å². The molecule has 0 saturated heterocycles. The molecule has 2 N–H and O–H groups in total. The van der Waals surface area contributed by atoms with Gasteiger partial charge in [-0.05, 0) is 84.9 Å². The van der Waals surface area contributed by atoms with Gasteiger partial charge in [0.2, 0.25) is 0 Å². The van der Waals surface area contributed by atoms with E-state index in [1.165, 1.54) is 38.5 Å². The van der Waals surface area contributed by atoms with Crippen molar-refractivity contribution in [2.75, 3.05) is 18.6 Å². The molecule has 1 fully saturated rings. The fourth-order valence-corrected chi connectivity index (χ4v) is 5.92. The molecule has 0 aliphatic heterocycles. The Balaban J connectivity index is 0.00000533. The third-order valence-electron chi connectivity index (χ3n) is 7.64. The molecule has 210 valence electrons. The SMILES string of the molecule is CCCCCCOC(c1ccc(C(=O)N[C@@H](CCSC)C(=O)O)c(-c2ccccc2C)c1)C1CCCCC1.[LiH]. The number of hydrogen-bond donors (Lipinski definition) is 2. The summed E-state index contributed by atoms with van der Waals surface area (Å²) < 4.78 is 6.60. The van der Waals surface area contributed by atoms with E-state index in [9.17, 15) is 14.7 Å². The van der Waals surface area contributed by atoms with E-state index in [0.717, 1.165) is 48.1 Å². The number of thioether (sulfide) groups is 1. The summed E-state index contributed by atoms with van der Waals surface area (Å²) in [5.41, 5.74) is 4.51. The van der Waals surface area contributed by atoms with Crippen LogP contribution in [0.4, 0.5) is 0 Å². The van der Waals surface area contributed by atoms with Crippen molar-refractivity contribution < 1.29 is 19.4 Å². The monoisotopic (exact) mass is 547 g/mol. The molecule has 39 heavy (non-hydrogen) atoms. The first-order valence-corrected chi connectivity index (χ1v) is 15.7. The van der Waals surface area contributed by atoms with Crippen molar-refractivity contribution in [2.24, 2.45) is 5.92 Å². The first kappa shape index (κ1) is 33.5. The van der Waals surface area contributed by atoms with Crippen molar-refractivity contribution in [3.05, 3.63) is 59.2 Å². The van der Waals surface area contributed by atoms with Crippen LogP contribution in [0.3, 0.4) is 0 Å². The van der Waals surface area contributed by atoms with Crippen molar-refractivity contribution in [1.82, 2.24) is 5.32 Å². The summed E-state index contributed by atoms with van der Waals surface area (Å²) in [6.07, 6.45) is 13.1. The van der Waals surface area contributed by atoms with E-state index in [1.807, 2.05) is 49.6 Å². The predicted octanol–water partition coefficient (Wildman–Crippen LogP) is 7.17. The summed E-state index contributed by atoms with van der Waals surface area (Å²) in [6.45, 7) is 5.02. The van der Waals surface area contributed by atoms with Gasteiger partial charge in [-0.15, -0.1) is 0 Å². The van der Waals surface area contributed by atoms with Gasteiger partial charge >= 0.3 is 24.8 Å². The van der Waals surface area contributed by atoms with E-state index in [-0.39, 0.29) is 30.9 Å². The minimum absolute atomic E-state index is 0. The number of unbranched alkanes of at least 4 members (excludes halogenated alkanes) is 3. The summed E-state index contributed by atoms with van der Waals surface area (Å²) in [5.74, 6) is -0.213. The number of carbonyl (C=O) groups excluding carboxylic acids is 1. The molecule has 0 aromatic heterocycles. The van der Waals surface area contributed by atoms with Crippen LogP contribution >= 0.6 is 11.8 Å². The summed E-state index contributed by atoms with van der Waals surface area (Å²) in [6, 6.07) is 13.2. The van der Waals surface area contributed by atoms with Gasteiger partial charge in [0.1, 0.15) is 6.04 Å². The zero-order valence-corrected chi connectivity index (χ0v) is 24.2. The molecule has 1 aliphatic carbocycles. The van der Waals surface area contributed by atoms with Crippen LogP contribution in [-0.2, 0) is 9.53 Å². The fraction of sp³-hybridized carbons (Fsp3) is 0.562. The summed E-state index contributed by atoms with van der Waals surface area (Å²) in [5, 5.41) is 12.5. The quantitative estimate of drug-likeness (QED) is 0.183. The molecular weight excluding hydrogens is 501 g/mol. The van der Waals surface area contributed by atoms with Gasteiger partial charge in [0.25, 0.3) is 5.91 Å². The molecule has 1 saturated carbocycles. The van der Waals surface area contributed by atoms with E-state index < -0.39 is 12.0 Å². The second-order valence-electron chi connectivity index (χ2n) is 10.5. The van der Waals surface area contributed by atoms with E-state index in [0.29, 0.717) is 23.7 Å². The molecule has 2 atom stereocenters. The number of aliphatic carboxylic acids is 1. The third kappa shape index (κ3) is 10.0. The zero-order valence-electron chi connectivity index (χ0n) is 23.3. The number of rotatable bonds is 15. The Hall–Kier alpha value is -1.71. The first-order valence-electron chi connectivity index (χ1n) is 14.3. The average Bonchev–Trinajstić information content (AvgIpc) is 2.93. The molecule has 1 unspecified atom stereocenters. The van der Waals surface area contributed by atoms with Crippen molar-refractivity contribution in [1.29, 1.82) is 0 Å². The number of amides is 1. The summed E-state index contributed by atoms with van der Waals surface area (Å²) >= 11 is 1.57. The molecule has 2 aromatic carbocycles. The number of carbonyl (C=O) groups is 2. The standard InChI is InChI=1S/C32H45NO4S.Li.H/c1-4-5-6-12-20-37-30(24-14-8-7-9-15-24)25-17-18-27(28(22-25)26-16-11-10-13-23(26)2)31(34)33-29(32(35)36)19-21-38-3;;/h10-11,13,16-18,22,24,29-30H,4-9,12,14-15,19-21H2,1-3H3,(H,33,34)(H,35,36);;/t29-,30?;;/m0../s1. The molecule has 0 bridgehead atoms. The molecule has 1 amide bonds. The van der Waals surface area contributed by atoms with Gasteiger partial charge in [0, 0.05) is 12.2 Å². The summed E-state index contributed by atoms with van der Waals surface area (Å²) in [4.78, 5) is 25.3. The van der Waals surface area contributed by atoms with Crippen LogP contribution in [0.15, 0.2) is 42.5 Å². The molecule has 7 heteroatoms. The Kier molecular flexibility index (Phi) is 15.3. The van der Waals surface area contributed by atoms with Crippen LogP contribution in [0, 0.1) is 12.8 Å². The summed E-state index contributed by atoms with van der Waals surface area (Å²) in [7, 11) is 0. The molecule has 0 heterocycles. The predicted molar refractivity (Wildman–Crippen MR) is 165 cm³/mol. The van der Waals surface area contributed by atoms with E-state index >= 15 is 0 Å². The van der Waals surface area contributed by atoms with Gasteiger partial charge in [-0.25, -0.2) is 4.79 Å². The van der Waals surface area contributed by atoms with Gasteiger partial charge in [0.05, 0.1) is 6.10 Å². The number of ether oxygens (including phenoxy) is 1. The third-order valence-corrected chi connectivity index (χ3v) is 8.28. The molecule has 5 nitrogen and oxygen atoms in total. The van der Waals surface area contributed by atoms with Gasteiger partial charge in [-0.3, -0.25) is 4.79 Å². The Morgan fingerprint density at radius 3 is 2.46 bits per heavy atom. The number of aryl methyl sites for hydroxylation is 1. The Morgan fingerprint density at radius 1 is 1.05 bits per heavy atom. The zero-order chi connectivity index (χ0) is 27.3. The van der Waals surface area contributed by atoms with Crippen LogP contribution in [0.25, 0.3) is 11.1 Å². The Labute approximate surface area is 251 Å². The van der Waals surface area contributed by atoms with Crippen molar-refractivity contribution in [3.63, 3.8) is 0 Å². The van der Waals surface area contributed by atoms with Crippen LogP contribution in [-0.4, -0.2) is 60.5 Å². The van der Waals surface area contributed by atoms with Crippen molar-refractivity contribution in [2.45, 2.75) is 90.2 Å². The number of carboxylic acid groups (broad SMARTS) is 1. The van der Waals surface area contributed by atoms with E-state index in [2.05, 4.69) is 18.3 Å².